The van der Waals surface area contributed by atoms with Gasteiger partial charge in [0.25, 0.3) is 0 Å². The van der Waals surface area contributed by atoms with Gasteiger partial charge in [-0.05, 0) is 25.8 Å². The minimum absolute atomic E-state index is 0.0238. The molecule has 1 heterocycles. The van der Waals surface area contributed by atoms with Crippen LogP contribution in [0.3, 0.4) is 0 Å². The molecule has 2 atom stereocenters. The van der Waals surface area contributed by atoms with Crippen LogP contribution in [0.2, 0.25) is 0 Å². The molecule has 0 aromatic heterocycles. The van der Waals surface area contributed by atoms with Crippen LogP contribution in [0.4, 0.5) is 8.78 Å². The molecule has 0 saturated carbocycles. The summed E-state index contributed by atoms with van der Waals surface area (Å²) in [7, 11) is 1.76. The van der Waals surface area contributed by atoms with Gasteiger partial charge in [0.1, 0.15) is 11.6 Å². The minimum atomic E-state index is -0.449. The maximum atomic E-state index is 15.0. The molecular formula is C20H22F2N2O. The molecule has 2 aromatic carbocycles. The number of hydrogen-bond acceptors (Lipinski definition) is 2. The summed E-state index contributed by atoms with van der Waals surface area (Å²) in [5.74, 6) is -0.853. The number of hydrogen-bond donors (Lipinski definition) is 1. The lowest BCUT2D eigenvalue weighted by Crippen LogP contribution is -2.42. The van der Waals surface area contributed by atoms with Crippen molar-refractivity contribution in [2.75, 3.05) is 13.6 Å². The van der Waals surface area contributed by atoms with E-state index < -0.39 is 11.6 Å². The molecule has 1 fully saturated rings. The zero-order valence-electron chi connectivity index (χ0n) is 14.4. The molecule has 0 aliphatic carbocycles. The summed E-state index contributed by atoms with van der Waals surface area (Å²) in [6.45, 7) is 2.56. The number of halogens is 2. The predicted molar refractivity (Wildman–Crippen MR) is 94.0 cm³/mol. The summed E-state index contributed by atoms with van der Waals surface area (Å²) >= 11 is 0. The lowest BCUT2D eigenvalue weighted by Gasteiger charge is -2.21. The fraction of sp³-hybridized carbons (Fsp3) is 0.350. The van der Waals surface area contributed by atoms with E-state index in [-0.39, 0.29) is 29.1 Å². The molecule has 132 valence electrons. The van der Waals surface area contributed by atoms with Crippen LogP contribution in [0, 0.1) is 11.6 Å². The fourth-order valence-corrected chi connectivity index (χ4v) is 3.31. The average molecular weight is 344 g/mol. The summed E-state index contributed by atoms with van der Waals surface area (Å²) < 4.78 is 29.1. The molecule has 3 rings (SSSR count). The number of carbonyl (C=O) groups excluding carboxylic acids is 1. The van der Waals surface area contributed by atoms with E-state index in [0.717, 1.165) is 0 Å². The van der Waals surface area contributed by atoms with E-state index in [0.29, 0.717) is 24.9 Å². The molecule has 1 aliphatic rings. The van der Waals surface area contributed by atoms with Crippen LogP contribution in [-0.2, 0) is 4.79 Å². The largest absolute Gasteiger partial charge is 0.345 e. The number of likely N-dealkylation sites (N-methyl/N-ethyl adjacent to an activating group) is 1. The highest BCUT2D eigenvalue weighted by Crippen LogP contribution is 2.34. The van der Waals surface area contributed by atoms with Crippen molar-refractivity contribution in [3.05, 3.63) is 59.7 Å². The van der Waals surface area contributed by atoms with Gasteiger partial charge in [-0.1, -0.05) is 36.4 Å². The second kappa shape index (κ2) is 7.31. The first kappa shape index (κ1) is 17.5. The summed E-state index contributed by atoms with van der Waals surface area (Å²) in [6.07, 6.45) is 1.34. The molecular weight excluding hydrogens is 322 g/mol. The molecule has 1 N–H and O–H groups in total. The molecule has 1 aliphatic heterocycles. The first-order valence-electron chi connectivity index (χ1n) is 8.57. The standard InChI is InChI=1S/C20H22F2N2O/c1-3-24(2)20(25)18-12-11-17(23-18)15-9-6-8-14(19(15)22)13-7-4-5-10-16(13)21/h4-10,17-18,23H,3,11-12H2,1-2H3. The van der Waals surface area contributed by atoms with Crippen molar-refractivity contribution in [3.63, 3.8) is 0 Å². The van der Waals surface area contributed by atoms with Gasteiger partial charge < -0.3 is 4.90 Å². The number of nitrogens with one attached hydrogen (secondary N) is 1. The lowest BCUT2D eigenvalue weighted by atomic mass is 9.97. The second-order valence-corrected chi connectivity index (χ2v) is 6.39. The SMILES string of the molecule is CCN(C)C(=O)C1CCC(c2cccc(-c3ccccc3F)c2F)N1. The normalized spacial score (nSPS) is 19.8. The zero-order chi connectivity index (χ0) is 18.0. The Morgan fingerprint density at radius 3 is 2.56 bits per heavy atom. The van der Waals surface area contributed by atoms with Gasteiger partial charge >= 0.3 is 0 Å². The van der Waals surface area contributed by atoms with E-state index in [1.807, 2.05) is 6.92 Å². The first-order chi connectivity index (χ1) is 12.0. The molecule has 0 bridgehead atoms. The topological polar surface area (TPSA) is 32.3 Å². The molecule has 1 amide bonds. The van der Waals surface area contributed by atoms with Gasteiger partial charge in [0, 0.05) is 36.3 Å². The maximum absolute atomic E-state index is 15.0. The van der Waals surface area contributed by atoms with Crippen molar-refractivity contribution < 1.29 is 13.6 Å². The summed E-state index contributed by atoms with van der Waals surface area (Å²) in [5.41, 5.74) is 0.978. The van der Waals surface area contributed by atoms with Crippen LogP contribution in [0.25, 0.3) is 11.1 Å². The Bertz CT molecular complexity index is 778. The van der Waals surface area contributed by atoms with Gasteiger partial charge in [0.15, 0.2) is 0 Å². The van der Waals surface area contributed by atoms with E-state index in [9.17, 15) is 9.18 Å². The Labute approximate surface area is 146 Å². The monoisotopic (exact) mass is 344 g/mol. The Morgan fingerprint density at radius 1 is 1.12 bits per heavy atom. The predicted octanol–water partition coefficient (Wildman–Crippen LogP) is 3.90. The Balaban J connectivity index is 1.86. The molecule has 3 nitrogen and oxygen atoms in total. The second-order valence-electron chi connectivity index (χ2n) is 6.39. The fourth-order valence-electron chi connectivity index (χ4n) is 3.31. The van der Waals surface area contributed by atoms with E-state index in [1.165, 1.54) is 6.07 Å². The van der Waals surface area contributed by atoms with Crippen LogP contribution in [0.1, 0.15) is 31.4 Å². The van der Waals surface area contributed by atoms with Crippen LogP contribution < -0.4 is 5.32 Å². The number of rotatable bonds is 4. The van der Waals surface area contributed by atoms with Gasteiger partial charge in [-0.25, -0.2) is 8.78 Å². The van der Waals surface area contributed by atoms with Crippen LogP contribution >= 0.6 is 0 Å². The molecule has 2 unspecified atom stereocenters. The summed E-state index contributed by atoms with van der Waals surface area (Å²) in [5, 5.41) is 3.23. The molecule has 5 heteroatoms. The maximum Gasteiger partial charge on any atom is 0.239 e. The summed E-state index contributed by atoms with van der Waals surface area (Å²) in [6, 6.07) is 10.6. The van der Waals surface area contributed by atoms with Crippen molar-refractivity contribution in [3.8, 4) is 11.1 Å². The van der Waals surface area contributed by atoms with Gasteiger partial charge in [0.2, 0.25) is 5.91 Å². The lowest BCUT2D eigenvalue weighted by molar-refractivity contribution is -0.131. The van der Waals surface area contributed by atoms with Gasteiger partial charge in [-0.2, -0.15) is 0 Å². The minimum Gasteiger partial charge on any atom is -0.345 e. The smallest absolute Gasteiger partial charge is 0.239 e. The van der Waals surface area contributed by atoms with E-state index in [4.69, 9.17) is 0 Å². The van der Waals surface area contributed by atoms with E-state index in [1.54, 1.807) is 48.3 Å². The van der Waals surface area contributed by atoms with Crippen molar-refractivity contribution >= 4 is 5.91 Å². The van der Waals surface area contributed by atoms with Gasteiger partial charge in [-0.3, -0.25) is 10.1 Å². The first-order valence-corrected chi connectivity index (χ1v) is 8.57. The number of carbonyl (C=O) groups is 1. The molecule has 0 spiro atoms. The quantitative estimate of drug-likeness (QED) is 0.912. The highest BCUT2D eigenvalue weighted by molar-refractivity contribution is 5.82. The highest BCUT2D eigenvalue weighted by Gasteiger charge is 2.33. The van der Waals surface area contributed by atoms with Crippen molar-refractivity contribution in [1.82, 2.24) is 10.2 Å². The van der Waals surface area contributed by atoms with Gasteiger partial charge in [0.05, 0.1) is 6.04 Å². The average Bonchev–Trinajstić information content (AvgIpc) is 3.11. The zero-order valence-corrected chi connectivity index (χ0v) is 14.4. The molecule has 25 heavy (non-hydrogen) atoms. The van der Waals surface area contributed by atoms with Crippen molar-refractivity contribution in [1.29, 1.82) is 0 Å². The van der Waals surface area contributed by atoms with Crippen LogP contribution in [-0.4, -0.2) is 30.4 Å². The van der Waals surface area contributed by atoms with Gasteiger partial charge in [-0.15, -0.1) is 0 Å². The van der Waals surface area contributed by atoms with Crippen molar-refractivity contribution in [2.45, 2.75) is 31.8 Å². The van der Waals surface area contributed by atoms with Crippen LogP contribution in [0.15, 0.2) is 42.5 Å². The Kier molecular flexibility index (Phi) is 5.13. The number of nitrogens with zero attached hydrogens (tertiary/aromatic N) is 1. The molecule has 0 radical (unpaired) electrons. The summed E-state index contributed by atoms with van der Waals surface area (Å²) in [4.78, 5) is 14.0. The Hall–Kier alpha value is -2.27. The van der Waals surface area contributed by atoms with E-state index >= 15 is 4.39 Å². The Morgan fingerprint density at radius 2 is 1.84 bits per heavy atom. The van der Waals surface area contributed by atoms with E-state index in [2.05, 4.69) is 5.32 Å². The third-order valence-corrected chi connectivity index (χ3v) is 4.86. The number of amides is 1. The third-order valence-electron chi connectivity index (χ3n) is 4.86. The van der Waals surface area contributed by atoms with Crippen LogP contribution in [0.5, 0.6) is 0 Å². The molecule has 2 aromatic rings. The highest BCUT2D eigenvalue weighted by atomic mass is 19.1. The third kappa shape index (κ3) is 3.42. The number of benzene rings is 2. The molecule has 1 saturated heterocycles. The van der Waals surface area contributed by atoms with Crippen molar-refractivity contribution in [2.24, 2.45) is 0 Å².